The average molecular weight is 238 g/mol. The monoisotopic (exact) mass is 238 g/mol. The second kappa shape index (κ2) is 4.74. The second-order valence-electron chi connectivity index (χ2n) is 5.43. The standard InChI is InChI=1S/C17H18O/c1-17(2,3)10-9-13-5-6-15-12-16(18-4)8-7-14(15)11-13/h5-8,11-12H,1-4H3. The van der Waals surface area contributed by atoms with Crippen LogP contribution in [0.25, 0.3) is 10.8 Å². The van der Waals surface area contributed by atoms with E-state index in [4.69, 9.17) is 4.74 Å². The summed E-state index contributed by atoms with van der Waals surface area (Å²) < 4.78 is 5.22. The molecule has 0 radical (unpaired) electrons. The molecule has 1 nitrogen and oxygen atoms in total. The van der Waals surface area contributed by atoms with Gasteiger partial charge in [0, 0.05) is 11.0 Å². The Kier molecular flexibility index (Phi) is 3.30. The van der Waals surface area contributed by atoms with Gasteiger partial charge in [-0.2, -0.15) is 0 Å². The van der Waals surface area contributed by atoms with Crippen LogP contribution in [0.5, 0.6) is 5.75 Å². The van der Waals surface area contributed by atoms with Crippen molar-refractivity contribution < 1.29 is 4.74 Å². The van der Waals surface area contributed by atoms with Crippen LogP contribution in [-0.4, -0.2) is 7.11 Å². The summed E-state index contributed by atoms with van der Waals surface area (Å²) in [4.78, 5) is 0. The fraction of sp³-hybridized carbons (Fsp3) is 0.294. The Morgan fingerprint density at radius 1 is 0.944 bits per heavy atom. The Labute approximate surface area is 109 Å². The van der Waals surface area contributed by atoms with Crippen molar-refractivity contribution in [3.05, 3.63) is 42.0 Å². The first-order chi connectivity index (χ1) is 8.48. The summed E-state index contributed by atoms with van der Waals surface area (Å²) in [5.74, 6) is 7.36. The van der Waals surface area contributed by atoms with Gasteiger partial charge in [-0.1, -0.05) is 24.0 Å². The number of methoxy groups -OCH3 is 1. The molecular weight excluding hydrogens is 220 g/mol. The van der Waals surface area contributed by atoms with Gasteiger partial charge in [-0.3, -0.25) is 0 Å². The average Bonchev–Trinajstić information content (AvgIpc) is 2.34. The fourth-order valence-corrected chi connectivity index (χ4v) is 1.69. The Bertz CT molecular complexity index is 621. The molecule has 1 heteroatoms. The Hall–Kier alpha value is -1.94. The van der Waals surface area contributed by atoms with Crippen molar-refractivity contribution in [1.82, 2.24) is 0 Å². The lowest BCUT2D eigenvalue weighted by Gasteiger charge is -2.07. The summed E-state index contributed by atoms with van der Waals surface area (Å²) in [6, 6.07) is 12.3. The zero-order valence-electron chi connectivity index (χ0n) is 11.4. The molecule has 0 saturated carbocycles. The lowest BCUT2D eigenvalue weighted by atomic mass is 9.97. The van der Waals surface area contributed by atoms with E-state index in [0.29, 0.717) is 0 Å². The number of fused-ring (bicyclic) bond motifs is 1. The zero-order chi connectivity index (χ0) is 13.2. The molecular formula is C17H18O. The number of hydrogen-bond donors (Lipinski definition) is 0. The van der Waals surface area contributed by atoms with Crippen LogP contribution in [0.15, 0.2) is 36.4 Å². The minimum atomic E-state index is 0.0366. The summed E-state index contributed by atoms with van der Waals surface area (Å²) >= 11 is 0. The molecule has 0 aliphatic carbocycles. The lowest BCUT2D eigenvalue weighted by molar-refractivity contribution is 0.415. The molecule has 0 fully saturated rings. The van der Waals surface area contributed by atoms with Crippen molar-refractivity contribution in [2.24, 2.45) is 5.41 Å². The van der Waals surface area contributed by atoms with E-state index in [1.165, 1.54) is 10.8 Å². The van der Waals surface area contributed by atoms with Crippen LogP contribution in [0.4, 0.5) is 0 Å². The predicted octanol–water partition coefficient (Wildman–Crippen LogP) is 4.25. The minimum absolute atomic E-state index is 0.0366. The van der Waals surface area contributed by atoms with Crippen LogP contribution in [0.2, 0.25) is 0 Å². The summed E-state index contributed by atoms with van der Waals surface area (Å²) in [6.45, 7) is 6.35. The molecule has 92 valence electrons. The zero-order valence-corrected chi connectivity index (χ0v) is 11.4. The Morgan fingerprint density at radius 2 is 1.61 bits per heavy atom. The Balaban J connectivity index is 2.41. The first-order valence-electron chi connectivity index (χ1n) is 6.09. The topological polar surface area (TPSA) is 9.23 Å². The summed E-state index contributed by atoms with van der Waals surface area (Å²) in [7, 11) is 1.68. The number of benzene rings is 2. The normalized spacial score (nSPS) is 10.9. The number of ether oxygens (including phenoxy) is 1. The van der Waals surface area contributed by atoms with E-state index in [1.807, 2.05) is 12.1 Å². The molecule has 0 spiro atoms. The van der Waals surface area contributed by atoms with Gasteiger partial charge in [-0.05, 0) is 55.8 Å². The molecule has 0 aliphatic rings. The molecule has 2 aromatic carbocycles. The fourth-order valence-electron chi connectivity index (χ4n) is 1.69. The van der Waals surface area contributed by atoms with Gasteiger partial charge in [0.1, 0.15) is 5.75 Å². The smallest absolute Gasteiger partial charge is 0.119 e. The molecule has 0 heterocycles. The molecule has 0 saturated heterocycles. The predicted molar refractivity (Wildman–Crippen MR) is 76.8 cm³/mol. The third-order valence-electron chi connectivity index (χ3n) is 2.63. The van der Waals surface area contributed by atoms with E-state index in [9.17, 15) is 0 Å². The molecule has 0 unspecified atom stereocenters. The molecule has 0 aromatic heterocycles. The quantitative estimate of drug-likeness (QED) is 0.675. The first kappa shape index (κ1) is 12.5. The van der Waals surface area contributed by atoms with Gasteiger partial charge in [-0.25, -0.2) is 0 Å². The third-order valence-corrected chi connectivity index (χ3v) is 2.63. The highest BCUT2D eigenvalue weighted by Gasteiger charge is 2.03. The third kappa shape index (κ3) is 3.05. The van der Waals surface area contributed by atoms with Gasteiger partial charge < -0.3 is 4.74 Å². The van der Waals surface area contributed by atoms with Crippen molar-refractivity contribution in [1.29, 1.82) is 0 Å². The van der Waals surface area contributed by atoms with E-state index in [1.54, 1.807) is 7.11 Å². The highest BCUT2D eigenvalue weighted by atomic mass is 16.5. The maximum atomic E-state index is 5.22. The summed E-state index contributed by atoms with van der Waals surface area (Å²) in [5, 5.41) is 2.37. The molecule has 18 heavy (non-hydrogen) atoms. The number of hydrogen-bond acceptors (Lipinski definition) is 1. The van der Waals surface area contributed by atoms with Crippen molar-refractivity contribution in [3.63, 3.8) is 0 Å². The van der Waals surface area contributed by atoms with Gasteiger partial charge in [0.2, 0.25) is 0 Å². The van der Waals surface area contributed by atoms with E-state index < -0.39 is 0 Å². The van der Waals surface area contributed by atoms with Crippen LogP contribution in [0, 0.1) is 17.3 Å². The minimum Gasteiger partial charge on any atom is -0.497 e. The highest BCUT2D eigenvalue weighted by molar-refractivity contribution is 5.85. The maximum absolute atomic E-state index is 5.22. The van der Waals surface area contributed by atoms with E-state index in [-0.39, 0.29) is 5.41 Å². The van der Waals surface area contributed by atoms with Crippen molar-refractivity contribution in [3.8, 4) is 17.6 Å². The molecule has 2 aromatic rings. The van der Waals surface area contributed by atoms with Crippen LogP contribution in [0.1, 0.15) is 26.3 Å². The van der Waals surface area contributed by atoms with E-state index >= 15 is 0 Å². The summed E-state index contributed by atoms with van der Waals surface area (Å²) in [6.07, 6.45) is 0. The van der Waals surface area contributed by atoms with Crippen LogP contribution in [-0.2, 0) is 0 Å². The SMILES string of the molecule is COc1ccc2cc(C#CC(C)(C)C)ccc2c1. The molecule has 0 atom stereocenters. The van der Waals surface area contributed by atoms with Crippen molar-refractivity contribution in [2.75, 3.05) is 7.11 Å². The van der Waals surface area contributed by atoms with Crippen molar-refractivity contribution in [2.45, 2.75) is 20.8 Å². The molecule has 0 N–H and O–H groups in total. The molecule has 0 amide bonds. The summed E-state index contributed by atoms with van der Waals surface area (Å²) in [5.41, 5.74) is 1.09. The van der Waals surface area contributed by atoms with Gasteiger partial charge in [0.25, 0.3) is 0 Å². The van der Waals surface area contributed by atoms with Gasteiger partial charge in [0.05, 0.1) is 7.11 Å². The molecule has 0 aliphatic heterocycles. The first-order valence-corrected chi connectivity index (χ1v) is 6.09. The lowest BCUT2D eigenvalue weighted by Crippen LogP contribution is -1.99. The second-order valence-corrected chi connectivity index (χ2v) is 5.43. The van der Waals surface area contributed by atoms with Crippen LogP contribution >= 0.6 is 0 Å². The number of rotatable bonds is 1. The van der Waals surface area contributed by atoms with Crippen molar-refractivity contribution >= 4 is 10.8 Å². The maximum Gasteiger partial charge on any atom is 0.119 e. The van der Waals surface area contributed by atoms with Gasteiger partial charge in [0.15, 0.2) is 0 Å². The largest absolute Gasteiger partial charge is 0.497 e. The molecule has 2 rings (SSSR count). The van der Waals surface area contributed by atoms with E-state index in [0.717, 1.165) is 11.3 Å². The van der Waals surface area contributed by atoms with E-state index in [2.05, 4.69) is 56.9 Å². The molecule has 0 bridgehead atoms. The van der Waals surface area contributed by atoms with Crippen LogP contribution < -0.4 is 4.74 Å². The van der Waals surface area contributed by atoms with Crippen LogP contribution in [0.3, 0.4) is 0 Å². The van der Waals surface area contributed by atoms with Gasteiger partial charge in [-0.15, -0.1) is 0 Å². The van der Waals surface area contributed by atoms with Gasteiger partial charge >= 0.3 is 0 Å². The Morgan fingerprint density at radius 3 is 2.28 bits per heavy atom. The highest BCUT2D eigenvalue weighted by Crippen LogP contribution is 2.21.